The van der Waals surface area contributed by atoms with Crippen LogP contribution in [0.25, 0.3) is 11.1 Å². The van der Waals surface area contributed by atoms with Crippen LogP contribution in [0.3, 0.4) is 0 Å². The van der Waals surface area contributed by atoms with Gasteiger partial charge in [0.25, 0.3) is 5.56 Å². The molecule has 0 bridgehead atoms. The summed E-state index contributed by atoms with van der Waals surface area (Å²) in [5.41, 5.74) is 8.03. The lowest BCUT2D eigenvalue weighted by atomic mass is 10.0. The zero-order valence-electron chi connectivity index (χ0n) is 16.6. The lowest BCUT2D eigenvalue weighted by molar-refractivity contribution is -0.130. The first kappa shape index (κ1) is 19.8. The summed E-state index contributed by atoms with van der Waals surface area (Å²) in [5, 5.41) is 0. The first-order chi connectivity index (χ1) is 13.4. The van der Waals surface area contributed by atoms with Crippen molar-refractivity contribution in [2.45, 2.75) is 32.8 Å². The van der Waals surface area contributed by atoms with Gasteiger partial charge in [-0.2, -0.15) is 0 Å². The van der Waals surface area contributed by atoms with Crippen molar-refractivity contribution in [1.82, 2.24) is 9.47 Å². The Hall–Kier alpha value is -2.96. The highest BCUT2D eigenvalue weighted by Gasteiger charge is 2.23. The molecule has 0 radical (unpaired) electrons. The van der Waals surface area contributed by atoms with Crippen molar-refractivity contribution in [3.63, 3.8) is 0 Å². The third-order valence-electron chi connectivity index (χ3n) is 4.96. The van der Waals surface area contributed by atoms with Crippen molar-refractivity contribution >= 4 is 11.6 Å². The van der Waals surface area contributed by atoms with E-state index in [4.69, 9.17) is 15.2 Å². The van der Waals surface area contributed by atoms with Crippen LogP contribution in [-0.2, 0) is 11.8 Å². The van der Waals surface area contributed by atoms with Gasteiger partial charge < -0.3 is 24.7 Å². The molecule has 2 aromatic rings. The van der Waals surface area contributed by atoms with Crippen molar-refractivity contribution in [2.24, 2.45) is 7.05 Å². The molecule has 0 aliphatic carbocycles. The van der Waals surface area contributed by atoms with Crippen LogP contribution in [0.1, 0.15) is 26.7 Å². The van der Waals surface area contributed by atoms with E-state index in [1.165, 1.54) is 10.6 Å². The maximum atomic E-state index is 12.0. The number of benzene rings is 1. The molecular formula is C21H27N3O4. The van der Waals surface area contributed by atoms with Crippen LogP contribution in [0.5, 0.6) is 11.5 Å². The molecule has 1 amide bonds. The van der Waals surface area contributed by atoms with Gasteiger partial charge in [-0.3, -0.25) is 9.59 Å². The van der Waals surface area contributed by atoms with Crippen LogP contribution in [0, 0.1) is 0 Å². The molecule has 28 heavy (non-hydrogen) atoms. The molecule has 3 rings (SSSR count). The second-order valence-corrected chi connectivity index (χ2v) is 7.01. The fourth-order valence-corrected chi connectivity index (χ4v) is 3.42. The average molecular weight is 385 g/mol. The zero-order valence-corrected chi connectivity index (χ0v) is 16.6. The Morgan fingerprint density at radius 3 is 2.54 bits per heavy atom. The minimum atomic E-state index is -0.143. The van der Waals surface area contributed by atoms with Crippen molar-refractivity contribution in [3.8, 4) is 22.6 Å². The van der Waals surface area contributed by atoms with Crippen LogP contribution in [-0.4, -0.2) is 41.2 Å². The average Bonchev–Trinajstić information content (AvgIpc) is 2.66. The van der Waals surface area contributed by atoms with Gasteiger partial charge in [0.2, 0.25) is 5.91 Å². The largest absolute Gasteiger partial charge is 0.493 e. The molecule has 7 nitrogen and oxygen atoms in total. The molecule has 1 fully saturated rings. The van der Waals surface area contributed by atoms with Crippen LogP contribution < -0.4 is 20.8 Å². The van der Waals surface area contributed by atoms with E-state index in [1.807, 2.05) is 24.0 Å². The number of nitrogens with two attached hydrogens (primary N) is 1. The van der Waals surface area contributed by atoms with Crippen LogP contribution in [0.15, 0.2) is 35.3 Å². The van der Waals surface area contributed by atoms with Gasteiger partial charge in [0.05, 0.1) is 6.61 Å². The molecule has 150 valence electrons. The number of rotatable bonds is 5. The van der Waals surface area contributed by atoms with E-state index >= 15 is 0 Å². The van der Waals surface area contributed by atoms with E-state index in [-0.39, 0.29) is 17.6 Å². The molecule has 1 aliphatic rings. The van der Waals surface area contributed by atoms with Gasteiger partial charge in [-0.1, -0.05) is 0 Å². The second kappa shape index (κ2) is 8.37. The standard InChI is InChI=1S/C21H27N3O4/c1-4-27-20-12-21(26)23(3)13-18(20)17-11-15(22)5-6-19(17)28-16-7-9-24(10-8-16)14(2)25/h5-6,11-13,16H,4,7-10,22H2,1-3H3. The van der Waals surface area contributed by atoms with Crippen molar-refractivity contribution < 1.29 is 14.3 Å². The zero-order chi connectivity index (χ0) is 20.3. The molecule has 7 heteroatoms. The Morgan fingerprint density at radius 2 is 1.89 bits per heavy atom. The van der Waals surface area contributed by atoms with Crippen molar-refractivity contribution in [2.75, 3.05) is 25.4 Å². The number of carbonyl (C=O) groups excluding carboxylic acids is 1. The van der Waals surface area contributed by atoms with Crippen molar-refractivity contribution in [3.05, 3.63) is 40.8 Å². The van der Waals surface area contributed by atoms with Crippen molar-refractivity contribution in [1.29, 1.82) is 0 Å². The maximum absolute atomic E-state index is 12.0. The number of pyridine rings is 1. The number of nitrogen functional groups attached to an aromatic ring is 1. The molecule has 0 atom stereocenters. The van der Waals surface area contributed by atoms with Crippen LogP contribution >= 0.6 is 0 Å². The molecule has 1 aliphatic heterocycles. The number of aromatic nitrogens is 1. The van der Waals surface area contributed by atoms with Gasteiger partial charge in [-0.15, -0.1) is 0 Å². The summed E-state index contributed by atoms with van der Waals surface area (Å²) >= 11 is 0. The summed E-state index contributed by atoms with van der Waals surface area (Å²) in [5.74, 6) is 1.29. The monoisotopic (exact) mass is 385 g/mol. The number of nitrogens with zero attached hydrogens (tertiary/aromatic N) is 2. The van der Waals surface area contributed by atoms with E-state index in [0.29, 0.717) is 36.9 Å². The normalized spacial score (nSPS) is 14.8. The van der Waals surface area contributed by atoms with E-state index in [9.17, 15) is 9.59 Å². The first-order valence-electron chi connectivity index (χ1n) is 9.54. The number of hydrogen-bond donors (Lipinski definition) is 1. The van der Waals surface area contributed by atoms with E-state index in [1.54, 1.807) is 26.2 Å². The van der Waals surface area contributed by atoms with Gasteiger partial charge in [0, 0.05) is 69.0 Å². The summed E-state index contributed by atoms with van der Waals surface area (Å²) in [6.45, 7) is 5.29. The third kappa shape index (κ3) is 4.30. The van der Waals surface area contributed by atoms with Gasteiger partial charge in [0.1, 0.15) is 17.6 Å². The number of amides is 1. The fourth-order valence-electron chi connectivity index (χ4n) is 3.42. The highest BCUT2D eigenvalue weighted by Crippen LogP contribution is 2.38. The Balaban J connectivity index is 1.93. The Bertz CT molecular complexity index is 914. The van der Waals surface area contributed by atoms with E-state index < -0.39 is 0 Å². The number of hydrogen-bond acceptors (Lipinski definition) is 5. The number of aryl methyl sites for hydroxylation is 1. The van der Waals surface area contributed by atoms with Crippen LogP contribution in [0.2, 0.25) is 0 Å². The molecule has 0 unspecified atom stereocenters. The third-order valence-corrected chi connectivity index (χ3v) is 4.96. The lowest BCUT2D eigenvalue weighted by Crippen LogP contribution is -2.40. The molecule has 0 spiro atoms. The highest BCUT2D eigenvalue weighted by atomic mass is 16.5. The number of ether oxygens (including phenoxy) is 2. The minimum Gasteiger partial charge on any atom is -0.493 e. The Kier molecular flexibility index (Phi) is 5.92. The first-order valence-corrected chi connectivity index (χ1v) is 9.54. The fraction of sp³-hybridized carbons (Fsp3) is 0.429. The van der Waals surface area contributed by atoms with Gasteiger partial charge in [0.15, 0.2) is 0 Å². The molecule has 2 N–H and O–H groups in total. The highest BCUT2D eigenvalue weighted by molar-refractivity contribution is 5.78. The summed E-state index contributed by atoms with van der Waals surface area (Å²) in [4.78, 5) is 25.4. The minimum absolute atomic E-state index is 0.0149. The quantitative estimate of drug-likeness (QED) is 0.799. The predicted molar refractivity (Wildman–Crippen MR) is 109 cm³/mol. The number of carbonyl (C=O) groups is 1. The summed E-state index contributed by atoms with van der Waals surface area (Å²) in [6.07, 6.45) is 3.30. The van der Waals surface area contributed by atoms with Gasteiger partial charge >= 0.3 is 0 Å². The van der Waals surface area contributed by atoms with Gasteiger partial charge in [-0.25, -0.2) is 0 Å². The second-order valence-electron chi connectivity index (χ2n) is 7.01. The predicted octanol–water partition coefficient (Wildman–Crippen LogP) is 2.42. The molecule has 1 saturated heterocycles. The van der Waals surface area contributed by atoms with Gasteiger partial charge in [-0.05, 0) is 25.1 Å². The molecule has 1 aromatic carbocycles. The molecule has 2 heterocycles. The molecule has 1 aromatic heterocycles. The number of anilines is 1. The van der Waals surface area contributed by atoms with E-state index in [2.05, 4.69) is 0 Å². The SMILES string of the molecule is CCOc1cc(=O)n(C)cc1-c1cc(N)ccc1OC1CCN(C(C)=O)CC1. The lowest BCUT2D eigenvalue weighted by Gasteiger charge is -2.32. The van der Waals surface area contributed by atoms with Crippen LogP contribution in [0.4, 0.5) is 5.69 Å². The molecular weight excluding hydrogens is 358 g/mol. The summed E-state index contributed by atoms with van der Waals surface area (Å²) in [7, 11) is 1.70. The maximum Gasteiger partial charge on any atom is 0.254 e. The number of piperidine rings is 1. The smallest absolute Gasteiger partial charge is 0.254 e. The summed E-state index contributed by atoms with van der Waals surface area (Å²) in [6, 6.07) is 6.97. The Morgan fingerprint density at radius 1 is 1.18 bits per heavy atom. The molecule has 0 saturated carbocycles. The Labute approximate surface area is 164 Å². The van der Waals surface area contributed by atoms with E-state index in [0.717, 1.165) is 24.0 Å². The topological polar surface area (TPSA) is 86.8 Å². The summed E-state index contributed by atoms with van der Waals surface area (Å²) < 4.78 is 13.5. The number of likely N-dealkylation sites (tertiary alicyclic amines) is 1.